The fraction of sp³-hybridized carbons (Fsp3) is 0.769. The second-order valence-corrected chi connectivity index (χ2v) is 10.8. The number of hydrogen-bond acceptors (Lipinski definition) is 2. The van der Waals surface area contributed by atoms with E-state index in [2.05, 4.69) is 33.5 Å². The van der Waals surface area contributed by atoms with Crippen LogP contribution >= 0.6 is 0 Å². The van der Waals surface area contributed by atoms with Crippen molar-refractivity contribution in [1.29, 1.82) is 0 Å². The summed E-state index contributed by atoms with van der Waals surface area (Å²) in [5, 5.41) is 0. The van der Waals surface area contributed by atoms with Crippen LogP contribution in [-0.2, 0) is 9.53 Å². The van der Waals surface area contributed by atoms with Gasteiger partial charge in [0.15, 0.2) is 0 Å². The number of ether oxygens (including phenoxy) is 1. The van der Waals surface area contributed by atoms with Crippen LogP contribution in [0.5, 0.6) is 0 Å². The minimum absolute atomic E-state index is 0.307. The van der Waals surface area contributed by atoms with Crippen molar-refractivity contribution in [3.63, 3.8) is 0 Å². The third-order valence-electron chi connectivity index (χ3n) is 2.62. The van der Waals surface area contributed by atoms with Gasteiger partial charge in [-0.2, -0.15) is 0 Å². The lowest BCUT2D eigenvalue weighted by atomic mass is 10.3. The molecular weight excluding hydrogens is 216 g/mol. The first-order valence-electron chi connectivity index (χ1n) is 6.16. The minimum atomic E-state index is -1.01. The van der Waals surface area contributed by atoms with Gasteiger partial charge in [-0.1, -0.05) is 52.0 Å². The summed E-state index contributed by atoms with van der Waals surface area (Å²) >= 11 is 0. The Balaban J connectivity index is 3.57. The Morgan fingerprint density at radius 3 is 2.50 bits per heavy atom. The van der Waals surface area contributed by atoms with E-state index < -0.39 is 8.07 Å². The topological polar surface area (TPSA) is 26.3 Å². The highest BCUT2D eigenvalue weighted by molar-refractivity contribution is 6.77. The normalized spacial score (nSPS) is 11.6. The van der Waals surface area contributed by atoms with Gasteiger partial charge >= 0.3 is 5.97 Å². The second kappa shape index (κ2) is 7.66. The fourth-order valence-electron chi connectivity index (χ4n) is 2.14. The monoisotopic (exact) mass is 242 g/mol. The van der Waals surface area contributed by atoms with Crippen molar-refractivity contribution >= 4 is 14.0 Å². The van der Waals surface area contributed by atoms with Gasteiger partial charge in [0.1, 0.15) is 0 Å². The van der Waals surface area contributed by atoms with Gasteiger partial charge in [-0.3, -0.25) is 0 Å². The number of unbranched alkanes of at least 4 members (excludes halogenated alkanes) is 1. The lowest BCUT2D eigenvalue weighted by Gasteiger charge is -2.24. The molecule has 0 aliphatic rings. The highest BCUT2D eigenvalue weighted by Gasteiger charge is 2.20. The molecule has 0 aliphatic heterocycles. The van der Waals surface area contributed by atoms with Gasteiger partial charge in [-0.25, -0.2) is 4.79 Å². The third-order valence-corrected chi connectivity index (χ3v) is 6.25. The summed E-state index contributed by atoms with van der Waals surface area (Å²) in [7, 11) is -1.01. The summed E-state index contributed by atoms with van der Waals surface area (Å²) in [6, 6.07) is 2.72. The minimum Gasteiger partial charge on any atom is -0.463 e. The molecule has 3 heteroatoms. The number of esters is 1. The molecule has 0 saturated heterocycles. The SMILES string of the molecule is C=CC(=O)OCCCC[Si](C)(C)CC(C)C. The lowest BCUT2D eigenvalue weighted by Crippen LogP contribution is -2.26. The Kier molecular flexibility index (Phi) is 7.39. The van der Waals surface area contributed by atoms with Crippen molar-refractivity contribution in [2.24, 2.45) is 5.92 Å². The molecule has 0 rings (SSSR count). The van der Waals surface area contributed by atoms with Crippen LogP contribution in [0.4, 0.5) is 0 Å². The van der Waals surface area contributed by atoms with Crippen molar-refractivity contribution < 1.29 is 9.53 Å². The Labute approximate surface area is 101 Å². The standard InChI is InChI=1S/C13H26O2Si/c1-6-13(14)15-9-7-8-10-16(4,5)11-12(2)3/h6,12H,1,7-11H2,2-5H3. The van der Waals surface area contributed by atoms with Crippen LogP contribution in [0.15, 0.2) is 12.7 Å². The van der Waals surface area contributed by atoms with Crippen molar-refractivity contribution in [2.45, 2.75) is 51.9 Å². The number of carbonyl (C=O) groups is 1. The van der Waals surface area contributed by atoms with Crippen LogP contribution in [0.25, 0.3) is 0 Å². The summed E-state index contributed by atoms with van der Waals surface area (Å²) in [6.45, 7) is 13.4. The van der Waals surface area contributed by atoms with Crippen LogP contribution < -0.4 is 0 Å². The van der Waals surface area contributed by atoms with Gasteiger partial charge < -0.3 is 4.74 Å². The predicted molar refractivity (Wildman–Crippen MR) is 72.3 cm³/mol. The molecule has 0 aliphatic carbocycles. The summed E-state index contributed by atoms with van der Waals surface area (Å²) in [5.41, 5.74) is 0. The van der Waals surface area contributed by atoms with Gasteiger partial charge in [0.25, 0.3) is 0 Å². The zero-order valence-electron chi connectivity index (χ0n) is 11.2. The van der Waals surface area contributed by atoms with E-state index >= 15 is 0 Å². The lowest BCUT2D eigenvalue weighted by molar-refractivity contribution is -0.137. The van der Waals surface area contributed by atoms with E-state index in [0.717, 1.165) is 12.3 Å². The van der Waals surface area contributed by atoms with Gasteiger partial charge in [-0.15, -0.1) is 0 Å². The van der Waals surface area contributed by atoms with Gasteiger partial charge in [0, 0.05) is 14.1 Å². The molecule has 0 aromatic rings. The summed E-state index contributed by atoms with van der Waals surface area (Å²) in [4.78, 5) is 10.8. The molecule has 0 fully saturated rings. The van der Waals surface area contributed by atoms with Crippen LogP contribution in [-0.4, -0.2) is 20.7 Å². The maximum absolute atomic E-state index is 10.8. The highest BCUT2D eigenvalue weighted by Crippen LogP contribution is 2.22. The third kappa shape index (κ3) is 8.71. The largest absolute Gasteiger partial charge is 0.463 e. The van der Waals surface area contributed by atoms with E-state index in [-0.39, 0.29) is 5.97 Å². The average molecular weight is 242 g/mol. The molecule has 16 heavy (non-hydrogen) atoms. The number of rotatable bonds is 8. The average Bonchev–Trinajstić information content (AvgIpc) is 2.14. The molecule has 0 unspecified atom stereocenters. The number of carbonyl (C=O) groups excluding carboxylic acids is 1. The van der Waals surface area contributed by atoms with Crippen molar-refractivity contribution in [3.05, 3.63) is 12.7 Å². The maximum atomic E-state index is 10.8. The Bertz CT molecular complexity index is 222. The van der Waals surface area contributed by atoms with Crippen molar-refractivity contribution in [1.82, 2.24) is 0 Å². The summed E-state index contributed by atoms with van der Waals surface area (Å²) in [5.74, 6) is 0.499. The Morgan fingerprint density at radius 2 is 2.00 bits per heavy atom. The first-order chi connectivity index (χ1) is 7.37. The molecule has 0 aromatic carbocycles. The molecule has 0 radical (unpaired) electrons. The van der Waals surface area contributed by atoms with E-state index in [9.17, 15) is 4.79 Å². The zero-order chi connectivity index (χ0) is 12.6. The molecule has 2 nitrogen and oxygen atoms in total. The quantitative estimate of drug-likeness (QED) is 0.280. The molecule has 0 saturated carbocycles. The Hall–Kier alpha value is -0.573. The first kappa shape index (κ1) is 15.4. The smallest absolute Gasteiger partial charge is 0.330 e. The van der Waals surface area contributed by atoms with E-state index in [4.69, 9.17) is 4.74 Å². The van der Waals surface area contributed by atoms with Gasteiger partial charge in [0.05, 0.1) is 6.61 Å². The molecular formula is C13H26O2Si. The molecule has 0 bridgehead atoms. The molecule has 0 N–H and O–H groups in total. The van der Waals surface area contributed by atoms with Crippen LogP contribution in [0.3, 0.4) is 0 Å². The van der Waals surface area contributed by atoms with Crippen LogP contribution in [0.2, 0.25) is 25.2 Å². The van der Waals surface area contributed by atoms with E-state index in [1.54, 1.807) is 0 Å². The maximum Gasteiger partial charge on any atom is 0.330 e. The fourth-order valence-corrected chi connectivity index (χ4v) is 5.77. The zero-order valence-corrected chi connectivity index (χ0v) is 12.2. The van der Waals surface area contributed by atoms with Crippen molar-refractivity contribution in [2.75, 3.05) is 6.61 Å². The van der Waals surface area contributed by atoms with E-state index in [0.29, 0.717) is 6.61 Å². The molecule has 0 spiro atoms. The Morgan fingerprint density at radius 1 is 1.38 bits per heavy atom. The molecule has 0 amide bonds. The van der Waals surface area contributed by atoms with E-state index in [1.165, 1.54) is 24.6 Å². The summed E-state index contributed by atoms with van der Waals surface area (Å²) in [6.07, 6.45) is 3.38. The molecule has 94 valence electrons. The van der Waals surface area contributed by atoms with Gasteiger partial charge in [-0.05, 0) is 12.3 Å². The van der Waals surface area contributed by atoms with Gasteiger partial charge in [0.2, 0.25) is 0 Å². The first-order valence-corrected chi connectivity index (χ1v) is 9.58. The van der Waals surface area contributed by atoms with Crippen LogP contribution in [0.1, 0.15) is 26.7 Å². The van der Waals surface area contributed by atoms with Crippen LogP contribution in [0, 0.1) is 5.92 Å². The summed E-state index contributed by atoms with van der Waals surface area (Å²) < 4.78 is 4.95. The second-order valence-electron chi connectivity index (χ2n) is 5.59. The predicted octanol–water partition coefficient (Wildman–Crippen LogP) is 3.86. The van der Waals surface area contributed by atoms with Crippen molar-refractivity contribution in [3.8, 4) is 0 Å². The van der Waals surface area contributed by atoms with E-state index in [1.807, 2.05) is 0 Å². The molecule has 0 atom stereocenters. The highest BCUT2D eigenvalue weighted by atomic mass is 28.3. The number of hydrogen-bond donors (Lipinski definition) is 0. The molecule has 0 aromatic heterocycles. The molecule has 0 heterocycles.